The summed E-state index contributed by atoms with van der Waals surface area (Å²) in [5.74, 6) is 0.360. The van der Waals surface area contributed by atoms with Gasteiger partial charge in [0.25, 0.3) is 5.91 Å². The fourth-order valence-electron chi connectivity index (χ4n) is 4.81. The van der Waals surface area contributed by atoms with E-state index in [-0.39, 0.29) is 30.2 Å². The monoisotopic (exact) mass is 426 g/mol. The van der Waals surface area contributed by atoms with Gasteiger partial charge in [0.2, 0.25) is 0 Å². The van der Waals surface area contributed by atoms with E-state index in [4.69, 9.17) is 0 Å². The van der Waals surface area contributed by atoms with Crippen molar-refractivity contribution >= 4 is 18.3 Å². The number of likely N-dealkylation sites (tertiary alicyclic amines) is 1. The lowest BCUT2D eigenvalue weighted by Gasteiger charge is -2.28. The highest BCUT2D eigenvalue weighted by atomic mass is 35.5. The summed E-state index contributed by atoms with van der Waals surface area (Å²) in [7, 11) is 1.80. The molecule has 0 bridgehead atoms. The summed E-state index contributed by atoms with van der Waals surface area (Å²) in [6.45, 7) is 2.40. The highest BCUT2D eigenvalue weighted by Crippen LogP contribution is 2.43. The van der Waals surface area contributed by atoms with Gasteiger partial charge < -0.3 is 10.2 Å². The fraction of sp³-hybridized carbons (Fsp3) is 0.304. The molecule has 0 radical (unpaired) electrons. The van der Waals surface area contributed by atoms with Crippen LogP contribution in [0.25, 0.3) is 11.3 Å². The van der Waals surface area contributed by atoms with Gasteiger partial charge in [0.1, 0.15) is 11.5 Å². The molecule has 1 aromatic heterocycles. The number of carbonyl (C=O) groups excluding carboxylic acids is 1. The Morgan fingerprint density at radius 3 is 2.67 bits per heavy atom. The Bertz CT molecular complexity index is 1050. The van der Waals surface area contributed by atoms with Crippen molar-refractivity contribution < 1.29 is 9.18 Å². The summed E-state index contributed by atoms with van der Waals surface area (Å²) in [5, 5.41) is 7.98. The molecule has 30 heavy (non-hydrogen) atoms. The molecule has 0 unspecified atom stereocenters. The third-order valence-electron chi connectivity index (χ3n) is 6.18. The number of carbonyl (C=O) groups is 1. The van der Waals surface area contributed by atoms with E-state index in [0.29, 0.717) is 24.1 Å². The topological polar surface area (TPSA) is 50.2 Å². The molecule has 2 aliphatic heterocycles. The van der Waals surface area contributed by atoms with Crippen LogP contribution >= 0.6 is 12.4 Å². The Labute approximate surface area is 181 Å². The van der Waals surface area contributed by atoms with Gasteiger partial charge in [0.15, 0.2) is 0 Å². The van der Waals surface area contributed by atoms with Crippen molar-refractivity contribution in [2.75, 3.05) is 19.6 Å². The number of nitrogens with zero attached hydrogens (tertiary/aromatic N) is 3. The van der Waals surface area contributed by atoms with E-state index in [1.54, 1.807) is 23.9 Å². The number of aromatic nitrogens is 2. The van der Waals surface area contributed by atoms with Gasteiger partial charge in [0.05, 0.1) is 11.7 Å². The summed E-state index contributed by atoms with van der Waals surface area (Å²) < 4.78 is 15.6. The number of aryl methyl sites for hydroxylation is 1. The minimum atomic E-state index is -0.267. The fourth-order valence-corrected chi connectivity index (χ4v) is 4.81. The average Bonchev–Trinajstić information content (AvgIpc) is 3.42. The van der Waals surface area contributed by atoms with Gasteiger partial charge in [-0.15, -0.1) is 12.4 Å². The number of hydrogen-bond acceptors (Lipinski definition) is 3. The van der Waals surface area contributed by atoms with E-state index in [2.05, 4.69) is 10.4 Å². The molecule has 2 aromatic carbocycles. The van der Waals surface area contributed by atoms with Gasteiger partial charge in [-0.3, -0.25) is 9.48 Å². The molecular formula is C23H24ClFN4O. The molecule has 1 amide bonds. The van der Waals surface area contributed by atoms with Gasteiger partial charge in [0, 0.05) is 38.2 Å². The minimum absolute atomic E-state index is 0. The van der Waals surface area contributed by atoms with Crippen LogP contribution < -0.4 is 5.32 Å². The smallest absolute Gasteiger partial charge is 0.272 e. The molecule has 3 heterocycles. The van der Waals surface area contributed by atoms with Crippen molar-refractivity contribution in [1.82, 2.24) is 20.0 Å². The SMILES string of the molecule is Cl.Cn1nc(-c2ccccc2)cc1C(=O)N1C[C@@H]2CNC[C@@H]2[C@@H]1c1cccc(F)c1. The predicted molar refractivity (Wildman–Crippen MR) is 116 cm³/mol. The van der Waals surface area contributed by atoms with Gasteiger partial charge in [-0.1, -0.05) is 42.5 Å². The van der Waals surface area contributed by atoms with E-state index in [1.165, 1.54) is 6.07 Å². The summed E-state index contributed by atoms with van der Waals surface area (Å²) in [6.07, 6.45) is 0. The van der Waals surface area contributed by atoms with Crippen molar-refractivity contribution in [1.29, 1.82) is 0 Å². The lowest BCUT2D eigenvalue weighted by atomic mass is 9.89. The first kappa shape index (κ1) is 20.6. The highest BCUT2D eigenvalue weighted by Gasteiger charge is 2.47. The number of amides is 1. The normalized spacial score (nSPS) is 22.6. The zero-order chi connectivity index (χ0) is 20.0. The number of nitrogens with one attached hydrogen (secondary N) is 1. The van der Waals surface area contributed by atoms with Crippen LogP contribution in [0.3, 0.4) is 0 Å². The van der Waals surface area contributed by atoms with E-state index < -0.39 is 0 Å². The molecule has 7 heteroatoms. The van der Waals surface area contributed by atoms with Gasteiger partial charge in [-0.05, 0) is 29.7 Å². The Hall–Kier alpha value is -2.70. The molecule has 0 saturated carbocycles. The van der Waals surface area contributed by atoms with Crippen LogP contribution in [0, 0.1) is 17.7 Å². The van der Waals surface area contributed by atoms with Crippen LogP contribution in [0.5, 0.6) is 0 Å². The molecule has 156 valence electrons. The summed E-state index contributed by atoms with van der Waals surface area (Å²) in [6, 6.07) is 18.2. The molecular weight excluding hydrogens is 403 g/mol. The summed E-state index contributed by atoms with van der Waals surface area (Å²) in [4.78, 5) is 15.5. The molecule has 5 nitrogen and oxygen atoms in total. The molecule has 0 spiro atoms. The molecule has 2 aliphatic rings. The third-order valence-corrected chi connectivity index (χ3v) is 6.18. The molecule has 1 N–H and O–H groups in total. The minimum Gasteiger partial charge on any atom is -0.330 e. The zero-order valence-electron chi connectivity index (χ0n) is 16.7. The van der Waals surface area contributed by atoms with Crippen molar-refractivity contribution in [3.63, 3.8) is 0 Å². The number of fused-ring (bicyclic) bond motifs is 1. The first-order valence-electron chi connectivity index (χ1n) is 9.98. The van der Waals surface area contributed by atoms with Crippen LogP contribution in [0.1, 0.15) is 22.1 Å². The predicted octanol–water partition coefficient (Wildman–Crippen LogP) is 3.68. The van der Waals surface area contributed by atoms with Crippen LogP contribution in [0.4, 0.5) is 4.39 Å². The van der Waals surface area contributed by atoms with Crippen molar-refractivity contribution in [3.05, 3.63) is 77.7 Å². The maximum Gasteiger partial charge on any atom is 0.272 e. The summed E-state index contributed by atoms with van der Waals surface area (Å²) >= 11 is 0. The van der Waals surface area contributed by atoms with Crippen LogP contribution in [-0.2, 0) is 7.05 Å². The molecule has 2 fully saturated rings. The van der Waals surface area contributed by atoms with Crippen LogP contribution in [0.2, 0.25) is 0 Å². The lowest BCUT2D eigenvalue weighted by Crippen LogP contribution is -2.35. The Morgan fingerprint density at radius 2 is 1.90 bits per heavy atom. The third kappa shape index (κ3) is 3.50. The quantitative estimate of drug-likeness (QED) is 0.695. The van der Waals surface area contributed by atoms with Gasteiger partial charge in [-0.25, -0.2) is 4.39 Å². The Balaban J connectivity index is 0.00000218. The van der Waals surface area contributed by atoms with Crippen LogP contribution in [-0.4, -0.2) is 40.2 Å². The maximum absolute atomic E-state index is 13.9. The maximum atomic E-state index is 13.9. The second-order valence-electron chi connectivity index (χ2n) is 7.94. The van der Waals surface area contributed by atoms with E-state index >= 15 is 0 Å². The van der Waals surface area contributed by atoms with Gasteiger partial charge in [-0.2, -0.15) is 5.10 Å². The number of benzene rings is 2. The highest BCUT2D eigenvalue weighted by molar-refractivity contribution is 5.94. The van der Waals surface area contributed by atoms with Crippen molar-refractivity contribution in [2.45, 2.75) is 6.04 Å². The molecule has 2 saturated heterocycles. The van der Waals surface area contributed by atoms with Crippen molar-refractivity contribution in [3.8, 4) is 11.3 Å². The largest absolute Gasteiger partial charge is 0.330 e. The Morgan fingerprint density at radius 1 is 1.10 bits per heavy atom. The van der Waals surface area contributed by atoms with Gasteiger partial charge >= 0.3 is 0 Å². The lowest BCUT2D eigenvalue weighted by molar-refractivity contribution is 0.0702. The van der Waals surface area contributed by atoms with E-state index in [1.807, 2.05) is 47.4 Å². The van der Waals surface area contributed by atoms with E-state index in [0.717, 1.165) is 29.9 Å². The van der Waals surface area contributed by atoms with Crippen LogP contribution in [0.15, 0.2) is 60.7 Å². The zero-order valence-corrected chi connectivity index (χ0v) is 17.5. The standard InChI is InChI=1S/C23H23FN4O.ClH/c1-27-21(11-20(26-27)15-6-3-2-4-7-15)23(29)28-14-17-12-25-13-19(17)22(28)16-8-5-9-18(24)10-16;/h2-11,17,19,22,25H,12-14H2,1H3;1H/t17-,19-,22-;/m0./s1. The van der Waals surface area contributed by atoms with E-state index in [9.17, 15) is 9.18 Å². The second-order valence-corrected chi connectivity index (χ2v) is 7.94. The number of halogens is 2. The first-order valence-corrected chi connectivity index (χ1v) is 9.98. The molecule has 3 aromatic rings. The summed E-state index contributed by atoms with van der Waals surface area (Å²) in [5.41, 5.74) is 3.17. The number of hydrogen-bond donors (Lipinski definition) is 1. The second kappa shape index (κ2) is 8.20. The molecule has 5 rings (SSSR count). The molecule has 0 aliphatic carbocycles. The number of rotatable bonds is 3. The Kier molecular flexibility index (Phi) is 5.62. The first-order chi connectivity index (χ1) is 14.1. The molecule has 3 atom stereocenters. The van der Waals surface area contributed by atoms with Crippen molar-refractivity contribution in [2.24, 2.45) is 18.9 Å². The average molecular weight is 427 g/mol.